The summed E-state index contributed by atoms with van der Waals surface area (Å²) in [5.74, 6) is 1.24. The van der Waals surface area contributed by atoms with Crippen LogP contribution in [0.25, 0.3) is 11.3 Å². The minimum absolute atomic E-state index is 0.186. The molecule has 2 aromatic heterocycles. The van der Waals surface area contributed by atoms with E-state index in [2.05, 4.69) is 20.3 Å². The number of likely N-dealkylation sites (tertiary alicyclic amines) is 1. The third kappa shape index (κ3) is 3.96. The monoisotopic (exact) mass is 390 g/mol. The maximum atomic E-state index is 12.4. The highest BCUT2D eigenvalue weighted by atomic mass is 16.5. The van der Waals surface area contributed by atoms with Gasteiger partial charge in [-0.3, -0.25) is 4.79 Å². The summed E-state index contributed by atoms with van der Waals surface area (Å²) in [5, 5.41) is 8.67. The van der Waals surface area contributed by atoms with E-state index in [1.165, 1.54) is 0 Å². The highest BCUT2D eigenvalue weighted by molar-refractivity contribution is 5.81. The summed E-state index contributed by atoms with van der Waals surface area (Å²) in [5.41, 5.74) is 1.76. The molecule has 1 aliphatic carbocycles. The SMILES string of the molecule is O=C(C1CC1)N1CCCC(n2cc(-c3ccc(Oc4ncccn4)cc3)nn2)C1. The summed E-state index contributed by atoms with van der Waals surface area (Å²) in [4.78, 5) is 22.5. The number of ether oxygens (including phenoxy) is 1. The Balaban J connectivity index is 1.26. The number of nitrogens with zero attached hydrogens (tertiary/aromatic N) is 6. The van der Waals surface area contributed by atoms with E-state index in [1.807, 2.05) is 40.0 Å². The van der Waals surface area contributed by atoms with Gasteiger partial charge in [-0.1, -0.05) is 5.21 Å². The van der Waals surface area contributed by atoms with Crippen LogP contribution in [0.1, 0.15) is 31.7 Å². The average molecular weight is 390 g/mol. The molecule has 8 heteroatoms. The molecule has 0 N–H and O–H groups in total. The fourth-order valence-electron chi connectivity index (χ4n) is 3.68. The number of piperidine rings is 1. The Labute approximate surface area is 168 Å². The minimum Gasteiger partial charge on any atom is -0.424 e. The first kappa shape index (κ1) is 17.8. The number of aromatic nitrogens is 5. The molecule has 0 bridgehead atoms. The van der Waals surface area contributed by atoms with Crippen LogP contribution in [0.4, 0.5) is 0 Å². The van der Waals surface area contributed by atoms with E-state index in [0.717, 1.165) is 50.0 Å². The van der Waals surface area contributed by atoms with Crippen molar-refractivity contribution in [3.05, 3.63) is 48.9 Å². The number of hydrogen-bond acceptors (Lipinski definition) is 6. The molecule has 5 rings (SSSR count). The number of benzene rings is 1. The summed E-state index contributed by atoms with van der Waals surface area (Å²) in [6.45, 7) is 1.59. The Morgan fingerprint density at radius 1 is 1.07 bits per heavy atom. The van der Waals surface area contributed by atoms with E-state index in [0.29, 0.717) is 17.7 Å². The second-order valence-corrected chi connectivity index (χ2v) is 7.60. The predicted molar refractivity (Wildman–Crippen MR) is 105 cm³/mol. The Kier molecular flexibility index (Phi) is 4.67. The zero-order chi connectivity index (χ0) is 19.6. The molecule has 1 saturated heterocycles. The average Bonchev–Trinajstić information content (AvgIpc) is 3.51. The first-order valence-corrected chi connectivity index (χ1v) is 10.0. The number of carbonyl (C=O) groups excluding carboxylic acids is 1. The van der Waals surface area contributed by atoms with Crippen LogP contribution in [0.5, 0.6) is 11.8 Å². The molecule has 1 aliphatic heterocycles. The topological polar surface area (TPSA) is 86.0 Å². The van der Waals surface area contributed by atoms with Gasteiger partial charge in [-0.05, 0) is 56.0 Å². The van der Waals surface area contributed by atoms with Gasteiger partial charge >= 0.3 is 6.01 Å². The Bertz CT molecular complexity index is 984. The normalized spacial score (nSPS) is 19.2. The van der Waals surface area contributed by atoms with E-state index in [9.17, 15) is 4.79 Å². The van der Waals surface area contributed by atoms with Crippen LogP contribution in [0, 0.1) is 5.92 Å². The summed E-state index contributed by atoms with van der Waals surface area (Å²) in [6.07, 6.45) is 9.35. The van der Waals surface area contributed by atoms with Crippen LogP contribution >= 0.6 is 0 Å². The van der Waals surface area contributed by atoms with Gasteiger partial charge in [-0.2, -0.15) is 0 Å². The number of hydrogen-bond donors (Lipinski definition) is 0. The number of amides is 1. The first-order valence-electron chi connectivity index (χ1n) is 10.0. The zero-order valence-electron chi connectivity index (χ0n) is 16.0. The van der Waals surface area contributed by atoms with Crippen LogP contribution < -0.4 is 4.74 Å². The first-order chi connectivity index (χ1) is 14.3. The van der Waals surface area contributed by atoms with Crippen LogP contribution in [0.15, 0.2) is 48.9 Å². The Morgan fingerprint density at radius 3 is 2.62 bits per heavy atom. The lowest BCUT2D eigenvalue weighted by molar-refractivity contribution is -0.134. The third-order valence-electron chi connectivity index (χ3n) is 5.42. The fraction of sp³-hybridized carbons (Fsp3) is 0.381. The molecular formula is C21H22N6O2. The lowest BCUT2D eigenvalue weighted by Crippen LogP contribution is -2.41. The summed E-state index contributed by atoms with van der Waals surface area (Å²) in [6, 6.07) is 9.85. The van der Waals surface area contributed by atoms with Crippen LogP contribution in [0.2, 0.25) is 0 Å². The van der Waals surface area contributed by atoms with E-state index in [-0.39, 0.29) is 12.0 Å². The van der Waals surface area contributed by atoms with Crippen molar-refractivity contribution < 1.29 is 9.53 Å². The molecule has 148 valence electrons. The van der Waals surface area contributed by atoms with Crippen molar-refractivity contribution in [3.63, 3.8) is 0 Å². The van der Waals surface area contributed by atoms with Gasteiger partial charge < -0.3 is 9.64 Å². The van der Waals surface area contributed by atoms with Gasteiger partial charge in [-0.25, -0.2) is 14.6 Å². The van der Waals surface area contributed by atoms with E-state index >= 15 is 0 Å². The van der Waals surface area contributed by atoms with Crippen LogP contribution in [-0.2, 0) is 4.79 Å². The fourth-order valence-corrected chi connectivity index (χ4v) is 3.68. The second-order valence-electron chi connectivity index (χ2n) is 7.60. The number of rotatable bonds is 5. The van der Waals surface area contributed by atoms with Crippen molar-refractivity contribution in [2.24, 2.45) is 5.92 Å². The molecule has 1 atom stereocenters. The standard InChI is InChI=1S/C21H22N6O2/c28-20(16-4-5-16)26-12-1-3-17(13-26)27-14-19(24-25-27)15-6-8-18(9-7-15)29-21-22-10-2-11-23-21/h2,6-11,14,16-17H,1,3-5,12-13H2. The molecule has 2 aliphatic rings. The second kappa shape index (κ2) is 7.62. The van der Waals surface area contributed by atoms with Crippen molar-refractivity contribution in [3.8, 4) is 23.0 Å². The highest BCUT2D eigenvalue weighted by Gasteiger charge is 2.35. The van der Waals surface area contributed by atoms with E-state index < -0.39 is 0 Å². The Hall–Kier alpha value is -3.29. The molecule has 1 amide bonds. The van der Waals surface area contributed by atoms with Crippen molar-refractivity contribution in [2.75, 3.05) is 13.1 Å². The van der Waals surface area contributed by atoms with Gasteiger partial charge in [0.1, 0.15) is 11.4 Å². The molecule has 1 unspecified atom stereocenters. The summed E-state index contributed by atoms with van der Waals surface area (Å²) < 4.78 is 7.53. The lowest BCUT2D eigenvalue weighted by atomic mass is 10.1. The molecule has 29 heavy (non-hydrogen) atoms. The van der Waals surface area contributed by atoms with Gasteiger partial charge in [0.25, 0.3) is 0 Å². The maximum absolute atomic E-state index is 12.4. The van der Waals surface area contributed by atoms with Crippen molar-refractivity contribution >= 4 is 5.91 Å². The quantitative estimate of drug-likeness (QED) is 0.665. The molecule has 0 spiro atoms. The summed E-state index contributed by atoms with van der Waals surface area (Å²) >= 11 is 0. The molecule has 2 fully saturated rings. The molecule has 3 heterocycles. The van der Waals surface area contributed by atoms with Gasteiger partial charge in [0.15, 0.2) is 0 Å². The van der Waals surface area contributed by atoms with Gasteiger partial charge in [-0.15, -0.1) is 5.10 Å². The molecular weight excluding hydrogens is 368 g/mol. The lowest BCUT2D eigenvalue weighted by Gasteiger charge is -2.32. The highest BCUT2D eigenvalue weighted by Crippen LogP contribution is 2.33. The molecule has 1 aromatic carbocycles. The maximum Gasteiger partial charge on any atom is 0.321 e. The molecule has 1 saturated carbocycles. The van der Waals surface area contributed by atoms with Crippen LogP contribution in [0.3, 0.4) is 0 Å². The van der Waals surface area contributed by atoms with Crippen LogP contribution in [-0.4, -0.2) is 48.9 Å². The molecule has 8 nitrogen and oxygen atoms in total. The third-order valence-corrected chi connectivity index (χ3v) is 5.42. The Morgan fingerprint density at radius 2 is 1.86 bits per heavy atom. The van der Waals surface area contributed by atoms with Gasteiger partial charge in [0.2, 0.25) is 5.91 Å². The van der Waals surface area contributed by atoms with Crippen molar-refractivity contribution in [2.45, 2.75) is 31.7 Å². The van der Waals surface area contributed by atoms with Gasteiger partial charge in [0, 0.05) is 37.0 Å². The predicted octanol–water partition coefficient (Wildman–Crippen LogP) is 3.10. The smallest absolute Gasteiger partial charge is 0.321 e. The number of carbonyl (C=O) groups is 1. The van der Waals surface area contributed by atoms with Crippen molar-refractivity contribution in [1.82, 2.24) is 29.9 Å². The van der Waals surface area contributed by atoms with Gasteiger partial charge in [0.05, 0.1) is 12.2 Å². The van der Waals surface area contributed by atoms with Crippen molar-refractivity contribution in [1.29, 1.82) is 0 Å². The molecule has 3 aromatic rings. The molecule has 0 radical (unpaired) electrons. The zero-order valence-corrected chi connectivity index (χ0v) is 16.0. The van der Waals surface area contributed by atoms with E-state index in [4.69, 9.17) is 4.74 Å². The van der Waals surface area contributed by atoms with E-state index in [1.54, 1.807) is 18.5 Å². The minimum atomic E-state index is 0.186. The summed E-state index contributed by atoms with van der Waals surface area (Å²) in [7, 11) is 0. The largest absolute Gasteiger partial charge is 0.424 e.